The standard InChI is InChI=1S/C14H21N7O.C4H4O4/c15-7-13-2-1-5-21(13)14(22)8-16-12-4-3-11(6-12)9-20-10-17-18-19-20;5-3(6)1-2-4(7)8/h10-13,16H,1-6,8-9H2;1-2H,(H,5,6)(H,7,8)/t11-,12+,13-;/m0./s1. The smallest absolute Gasteiger partial charge is 0.328 e. The Morgan fingerprint density at radius 2 is 1.93 bits per heavy atom. The molecule has 12 heteroatoms. The SMILES string of the molecule is N#C[C@@H]1CCCN1C(=O)CN[C@@H]1CC[C@H](Cn2cnnn2)C1.O=C(O)C=CC(=O)O. The van der Waals surface area contributed by atoms with Gasteiger partial charge in [0.05, 0.1) is 12.6 Å². The fourth-order valence-corrected chi connectivity index (χ4v) is 3.63. The van der Waals surface area contributed by atoms with E-state index in [1.165, 1.54) is 0 Å². The van der Waals surface area contributed by atoms with Gasteiger partial charge in [-0.2, -0.15) is 5.26 Å². The molecule has 1 aliphatic carbocycles. The van der Waals surface area contributed by atoms with E-state index in [0.29, 0.717) is 37.2 Å². The van der Waals surface area contributed by atoms with Crippen LogP contribution in [0.3, 0.4) is 0 Å². The van der Waals surface area contributed by atoms with Gasteiger partial charge in [0.2, 0.25) is 5.91 Å². The first-order chi connectivity index (χ1) is 14.4. The van der Waals surface area contributed by atoms with Crippen molar-refractivity contribution in [2.75, 3.05) is 13.1 Å². The number of tetrazole rings is 1. The first kappa shape index (κ1) is 23.0. The van der Waals surface area contributed by atoms with Crippen molar-refractivity contribution >= 4 is 17.8 Å². The molecule has 2 fully saturated rings. The molecule has 1 aromatic heterocycles. The number of aromatic nitrogens is 4. The van der Waals surface area contributed by atoms with E-state index in [2.05, 4.69) is 26.9 Å². The summed E-state index contributed by atoms with van der Waals surface area (Å²) in [6.07, 6.45) is 7.72. The molecular formula is C18H25N7O5. The Morgan fingerprint density at radius 1 is 1.20 bits per heavy atom. The first-order valence-electron chi connectivity index (χ1n) is 9.66. The highest BCUT2D eigenvalue weighted by atomic mass is 16.4. The van der Waals surface area contributed by atoms with Crippen molar-refractivity contribution < 1.29 is 24.6 Å². The molecule has 2 aliphatic rings. The minimum absolute atomic E-state index is 0.0491. The predicted octanol–water partition coefficient (Wildman–Crippen LogP) is -0.342. The summed E-state index contributed by atoms with van der Waals surface area (Å²) >= 11 is 0. The van der Waals surface area contributed by atoms with Crippen molar-refractivity contribution in [3.8, 4) is 6.07 Å². The molecule has 0 unspecified atom stereocenters. The molecule has 30 heavy (non-hydrogen) atoms. The molecule has 3 atom stereocenters. The van der Waals surface area contributed by atoms with Crippen LogP contribution in [0.15, 0.2) is 18.5 Å². The van der Waals surface area contributed by atoms with Crippen LogP contribution < -0.4 is 5.32 Å². The number of nitriles is 1. The van der Waals surface area contributed by atoms with Crippen LogP contribution in [-0.2, 0) is 20.9 Å². The van der Waals surface area contributed by atoms with E-state index in [1.807, 2.05) is 0 Å². The first-order valence-corrected chi connectivity index (χ1v) is 9.66. The fourth-order valence-electron chi connectivity index (χ4n) is 3.63. The quantitative estimate of drug-likeness (QED) is 0.496. The lowest BCUT2D eigenvalue weighted by Crippen LogP contribution is -2.42. The van der Waals surface area contributed by atoms with Gasteiger partial charge in [-0.25, -0.2) is 14.3 Å². The molecule has 0 radical (unpaired) electrons. The van der Waals surface area contributed by atoms with Gasteiger partial charge < -0.3 is 20.4 Å². The van der Waals surface area contributed by atoms with Crippen LogP contribution in [0, 0.1) is 17.2 Å². The lowest BCUT2D eigenvalue weighted by Gasteiger charge is -2.21. The number of rotatable bonds is 7. The molecule has 1 saturated carbocycles. The largest absolute Gasteiger partial charge is 0.478 e. The van der Waals surface area contributed by atoms with Crippen LogP contribution in [0.4, 0.5) is 0 Å². The van der Waals surface area contributed by atoms with E-state index < -0.39 is 11.9 Å². The average Bonchev–Trinajstić information content (AvgIpc) is 3.47. The molecule has 0 spiro atoms. The van der Waals surface area contributed by atoms with Crippen molar-refractivity contribution in [2.45, 2.75) is 50.7 Å². The van der Waals surface area contributed by atoms with Gasteiger partial charge in [-0.1, -0.05) is 0 Å². The van der Waals surface area contributed by atoms with Crippen LogP contribution in [0.1, 0.15) is 32.1 Å². The van der Waals surface area contributed by atoms with Crippen LogP contribution in [0.25, 0.3) is 0 Å². The molecule has 1 aliphatic heterocycles. The van der Waals surface area contributed by atoms with Crippen LogP contribution in [0.2, 0.25) is 0 Å². The second kappa shape index (κ2) is 11.6. The average molecular weight is 419 g/mol. The summed E-state index contributed by atoms with van der Waals surface area (Å²) in [5.74, 6) is -1.91. The topological polar surface area (TPSA) is 174 Å². The number of nitrogens with zero attached hydrogens (tertiary/aromatic N) is 6. The van der Waals surface area contributed by atoms with E-state index >= 15 is 0 Å². The molecule has 1 aromatic rings. The van der Waals surface area contributed by atoms with Gasteiger partial charge in [-0.15, -0.1) is 5.10 Å². The number of amides is 1. The highest BCUT2D eigenvalue weighted by molar-refractivity contribution is 5.89. The third-order valence-corrected chi connectivity index (χ3v) is 5.01. The number of carboxylic acids is 2. The van der Waals surface area contributed by atoms with E-state index in [9.17, 15) is 14.4 Å². The Balaban J connectivity index is 0.000000343. The summed E-state index contributed by atoms with van der Waals surface area (Å²) in [7, 11) is 0. The third kappa shape index (κ3) is 7.59. The van der Waals surface area contributed by atoms with Crippen molar-refractivity contribution in [3.05, 3.63) is 18.5 Å². The fraction of sp³-hybridized carbons (Fsp3) is 0.611. The molecular weight excluding hydrogens is 394 g/mol. The molecule has 2 heterocycles. The van der Waals surface area contributed by atoms with Gasteiger partial charge >= 0.3 is 11.9 Å². The molecule has 162 valence electrons. The molecule has 0 aromatic carbocycles. The molecule has 3 rings (SSSR count). The van der Waals surface area contributed by atoms with Gasteiger partial charge in [0, 0.05) is 31.3 Å². The van der Waals surface area contributed by atoms with Crippen LogP contribution >= 0.6 is 0 Å². The zero-order chi connectivity index (χ0) is 21.9. The Hall–Kier alpha value is -3.33. The van der Waals surface area contributed by atoms with Crippen LogP contribution in [0.5, 0.6) is 0 Å². The minimum atomic E-state index is -1.26. The van der Waals surface area contributed by atoms with E-state index in [4.69, 9.17) is 15.5 Å². The number of carboxylic acid groups (broad SMARTS) is 2. The summed E-state index contributed by atoms with van der Waals surface area (Å²) in [5.41, 5.74) is 0. The lowest BCUT2D eigenvalue weighted by atomic mass is 10.1. The highest BCUT2D eigenvalue weighted by Crippen LogP contribution is 2.26. The van der Waals surface area contributed by atoms with Gasteiger partial charge in [0.15, 0.2) is 0 Å². The van der Waals surface area contributed by atoms with Gasteiger partial charge in [-0.05, 0) is 48.4 Å². The van der Waals surface area contributed by atoms with Crippen LogP contribution in [-0.4, -0.2) is 78.3 Å². The monoisotopic (exact) mass is 419 g/mol. The third-order valence-electron chi connectivity index (χ3n) is 5.01. The maximum absolute atomic E-state index is 12.2. The number of aliphatic carboxylic acids is 2. The summed E-state index contributed by atoms with van der Waals surface area (Å²) in [6, 6.07) is 2.35. The Labute approximate surface area is 173 Å². The Kier molecular flexibility index (Phi) is 8.89. The maximum atomic E-state index is 12.2. The maximum Gasteiger partial charge on any atom is 0.328 e. The van der Waals surface area contributed by atoms with E-state index in [0.717, 1.165) is 38.6 Å². The number of likely N-dealkylation sites (tertiary alicyclic amines) is 1. The zero-order valence-corrected chi connectivity index (χ0v) is 16.4. The Morgan fingerprint density at radius 3 is 2.53 bits per heavy atom. The second-order valence-corrected chi connectivity index (χ2v) is 7.17. The Bertz CT molecular complexity index is 773. The number of nitrogens with one attached hydrogen (secondary N) is 1. The van der Waals surface area contributed by atoms with Crippen molar-refractivity contribution in [1.82, 2.24) is 30.4 Å². The number of hydrogen-bond donors (Lipinski definition) is 3. The summed E-state index contributed by atoms with van der Waals surface area (Å²) in [5, 5.41) is 39.2. The van der Waals surface area contributed by atoms with E-state index in [1.54, 1.807) is 15.9 Å². The van der Waals surface area contributed by atoms with Crippen molar-refractivity contribution in [3.63, 3.8) is 0 Å². The normalized spacial score (nSPS) is 23.0. The number of hydrogen-bond acceptors (Lipinski definition) is 8. The summed E-state index contributed by atoms with van der Waals surface area (Å²) in [4.78, 5) is 33.0. The highest BCUT2D eigenvalue weighted by Gasteiger charge is 2.30. The molecule has 0 bridgehead atoms. The molecule has 3 N–H and O–H groups in total. The minimum Gasteiger partial charge on any atom is -0.478 e. The summed E-state index contributed by atoms with van der Waals surface area (Å²) < 4.78 is 1.76. The van der Waals surface area contributed by atoms with E-state index in [-0.39, 0.29) is 11.9 Å². The van der Waals surface area contributed by atoms with Gasteiger partial charge in [0.1, 0.15) is 12.4 Å². The number of carbonyl (C=O) groups excluding carboxylic acids is 1. The summed E-state index contributed by atoms with van der Waals surface area (Å²) in [6.45, 7) is 1.88. The van der Waals surface area contributed by atoms with Gasteiger partial charge in [0.25, 0.3) is 0 Å². The predicted molar refractivity (Wildman–Crippen MR) is 102 cm³/mol. The number of carbonyl (C=O) groups is 3. The van der Waals surface area contributed by atoms with Gasteiger partial charge in [-0.3, -0.25) is 4.79 Å². The van der Waals surface area contributed by atoms with Crippen molar-refractivity contribution in [2.24, 2.45) is 5.92 Å². The zero-order valence-electron chi connectivity index (χ0n) is 16.4. The van der Waals surface area contributed by atoms with Crippen molar-refractivity contribution in [1.29, 1.82) is 5.26 Å². The molecule has 1 amide bonds. The molecule has 1 saturated heterocycles. The molecule has 12 nitrogen and oxygen atoms in total. The second-order valence-electron chi connectivity index (χ2n) is 7.17. The lowest BCUT2D eigenvalue weighted by molar-refractivity contribution is -0.134.